The fourth-order valence-corrected chi connectivity index (χ4v) is 1.41. The van der Waals surface area contributed by atoms with Crippen molar-refractivity contribution in [1.29, 1.82) is 0 Å². The molecule has 0 aliphatic rings. The normalized spacial score (nSPS) is 11.9. The molecule has 0 unspecified atom stereocenters. The van der Waals surface area contributed by atoms with E-state index in [2.05, 4.69) is 4.98 Å². The molecule has 0 amide bonds. The molecule has 1 aromatic heterocycles. The summed E-state index contributed by atoms with van der Waals surface area (Å²) in [6.07, 6.45) is 1.19. The Bertz CT molecular complexity index is 382. The Morgan fingerprint density at radius 3 is 2.50 bits per heavy atom. The highest BCUT2D eigenvalue weighted by molar-refractivity contribution is 7.86. The van der Waals surface area contributed by atoms with Gasteiger partial charge in [-0.25, -0.2) is 4.98 Å². The molecular formula is C6H9FN2O2S. The van der Waals surface area contributed by atoms with Crippen LogP contribution >= 0.6 is 0 Å². The molecule has 1 aromatic rings. The summed E-state index contributed by atoms with van der Waals surface area (Å²) in [5.41, 5.74) is 0. The summed E-state index contributed by atoms with van der Waals surface area (Å²) in [6, 6.07) is 0. The number of halogens is 1. The lowest BCUT2D eigenvalue weighted by molar-refractivity contribution is 0.548. The number of aromatic nitrogens is 2. The van der Waals surface area contributed by atoms with Crippen molar-refractivity contribution in [2.24, 2.45) is 0 Å². The van der Waals surface area contributed by atoms with Gasteiger partial charge in [-0.3, -0.25) is 0 Å². The first-order valence-corrected chi connectivity index (χ1v) is 4.82. The van der Waals surface area contributed by atoms with Gasteiger partial charge in [0.15, 0.2) is 0 Å². The highest BCUT2D eigenvalue weighted by atomic mass is 32.3. The van der Waals surface area contributed by atoms with Crippen LogP contribution in [-0.4, -0.2) is 18.0 Å². The van der Waals surface area contributed by atoms with Gasteiger partial charge in [0.25, 0.3) is 0 Å². The molecule has 1 rings (SSSR count). The second-order valence-corrected chi connectivity index (χ2v) is 3.64. The molecule has 0 radical (unpaired) electrons. The summed E-state index contributed by atoms with van der Waals surface area (Å²) >= 11 is 0. The van der Waals surface area contributed by atoms with Crippen molar-refractivity contribution >= 4 is 10.2 Å². The molecule has 0 saturated heterocycles. The van der Waals surface area contributed by atoms with Crippen molar-refractivity contribution in [2.75, 3.05) is 0 Å². The largest absolute Gasteiger partial charge is 0.351 e. The smallest absolute Gasteiger partial charge is 0.334 e. The SMILES string of the molecule is CCn1cc(S(=O)(=O)F)nc1C. The molecule has 0 aromatic carbocycles. The standard InChI is InChI=1S/C6H9FN2O2S/c1-3-9-4-6(8-5(9)2)12(7,10)11/h4H,3H2,1-2H3. The lowest BCUT2D eigenvalue weighted by Crippen LogP contribution is -1.93. The third-order valence-electron chi connectivity index (χ3n) is 1.54. The topological polar surface area (TPSA) is 52.0 Å². The van der Waals surface area contributed by atoms with Crippen LogP contribution in [0.2, 0.25) is 0 Å². The van der Waals surface area contributed by atoms with Crippen LogP contribution in [0.5, 0.6) is 0 Å². The molecule has 0 aliphatic carbocycles. The first-order chi connectivity index (χ1) is 5.45. The van der Waals surface area contributed by atoms with Crippen molar-refractivity contribution in [3.05, 3.63) is 12.0 Å². The highest BCUT2D eigenvalue weighted by Crippen LogP contribution is 2.10. The summed E-state index contributed by atoms with van der Waals surface area (Å²) < 4.78 is 34.7. The van der Waals surface area contributed by atoms with Crippen molar-refractivity contribution in [2.45, 2.75) is 25.4 Å². The molecular weight excluding hydrogens is 183 g/mol. The van der Waals surface area contributed by atoms with Gasteiger partial charge in [-0.15, -0.1) is 0 Å². The number of hydrogen-bond acceptors (Lipinski definition) is 3. The lowest BCUT2D eigenvalue weighted by atomic mass is 10.6. The summed E-state index contributed by atoms with van der Waals surface area (Å²) in [4.78, 5) is 3.55. The van der Waals surface area contributed by atoms with Gasteiger partial charge in [0.05, 0.1) is 0 Å². The highest BCUT2D eigenvalue weighted by Gasteiger charge is 2.16. The van der Waals surface area contributed by atoms with Crippen LogP contribution < -0.4 is 0 Å². The number of nitrogens with zero attached hydrogens (tertiary/aromatic N) is 2. The Balaban J connectivity index is 3.23. The molecule has 0 N–H and O–H groups in total. The second kappa shape index (κ2) is 2.85. The van der Waals surface area contributed by atoms with E-state index in [4.69, 9.17) is 0 Å². The second-order valence-electron chi connectivity index (χ2n) is 2.35. The first-order valence-electron chi connectivity index (χ1n) is 3.43. The maximum Gasteiger partial charge on any atom is 0.351 e. The quantitative estimate of drug-likeness (QED) is 0.653. The maximum atomic E-state index is 12.3. The number of hydrogen-bond donors (Lipinski definition) is 0. The predicted octanol–water partition coefficient (Wildman–Crippen LogP) is 0.870. The minimum absolute atomic E-state index is 0.494. The molecule has 1 heterocycles. The summed E-state index contributed by atoms with van der Waals surface area (Å²) in [6.45, 7) is 4.02. The Kier molecular flexibility index (Phi) is 2.18. The van der Waals surface area contributed by atoms with Gasteiger partial charge in [0.2, 0.25) is 5.03 Å². The van der Waals surface area contributed by atoms with E-state index in [1.807, 2.05) is 6.92 Å². The lowest BCUT2D eigenvalue weighted by Gasteiger charge is -1.95. The van der Waals surface area contributed by atoms with E-state index >= 15 is 0 Å². The number of imidazole rings is 1. The molecule has 68 valence electrons. The molecule has 12 heavy (non-hydrogen) atoms. The van der Waals surface area contributed by atoms with E-state index in [1.165, 1.54) is 6.20 Å². The molecule has 0 atom stereocenters. The van der Waals surface area contributed by atoms with Gasteiger partial charge in [-0.2, -0.15) is 8.42 Å². The van der Waals surface area contributed by atoms with Gasteiger partial charge >= 0.3 is 10.2 Å². The van der Waals surface area contributed by atoms with Crippen molar-refractivity contribution in [1.82, 2.24) is 9.55 Å². The van der Waals surface area contributed by atoms with Crippen LogP contribution in [0.4, 0.5) is 3.89 Å². The third-order valence-corrected chi connectivity index (χ3v) is 2.24. The average molecular weight is 192 g/mol. The minimum Gasteiger partial charge on any atom is -0.334 e. The van der Waals surface area contributed by atoms with Gasteiger partial charge in [-0.1, -0.05) is 3.89 Å². The molecule has 0 spiro atoms. The Hall–Kier alpha value is -0.910. The predicted molar refractivity (Wildman–Crippen MR) is 40.9 cm³/mol. The third kappa shape index (κ3) is 1.63. The molecule has 6 heteroatoms. The fraction of sp³-hybridized carbons (Fsp3) is 0.500. The Morgan fingerprint density at radius 1 is 1.67 bits per heavy atom. The Labute approximate surface area is 70.3 Å². The van der Waals surface area contributed by atoms with Crippen molar-refractivity contribution < 1.29 is 12.3 Å². The van der Waals surface area contributed by atoms with Gasteiger partial charge in [-0.05, 0) is 13.8 Å². The van der Waals surface area contributed by atoms with E-state index in [9.17, 15) is 12.3 Å². The minimum atomic E-state index is -4.65. The zero-order chi connectivity index (χ0) is 9.35. The Morgan fingerprint density at radius 2 is 2.25 bits per heavy atom. The van der Waals surface area contributed by atoms with Crippen LogP contribution in [0, 0.1) is 6.92 Å². The van der Waals surface area contributed by atoms with Crippen molar-refractivity contribution in [3.8, 4) is 0 Å². The van der Waals surface area contributed by atoms with E-state index in [0.717, 1.165) is 0 Å². The number of rotatable bonds is 2. The van der Waals surface area contributed by atoms with E-state index in [1.54, 1.807) is 11.5 Å². The summed E-state index contributed by atoms with van der Waals surface area (Å²) in [5.74, 6) is 0.494. The monoisotopic (exact) mass is 192 g/mol. The van der Waals surface area contributed by atoms with Crippen LogP contribution in [0.3, 0.4) is 0 Å². The van der Waals surface area contributed by atoms with Crippen LogP contribution in [0.25, 0.3) is 0 Å². The van der Waals surface area contributed by atoms with E-state index in [0.29, 0.717) is 12.4 Å². The zero-order valence-electron chi connectivity index (χ0n) is 6.78. The zero-order valence-corrected chi connectivity index (χ0v) is 7.60. The van der Waals surface area contributed by atoms with Crippen LogP contribution in [0.1, 0.15) is 12.7 Å². The van der Waals surface area contributed by atoms with Crippen molar-refractivity contribution in [3.63, 3.8) is 0 Å². The molecule has 0 saturated carbocycles. The molecule has 0 aliphatic heterocycles. The van der Waals surface area contributed by atoms with Gasteiger partial charge < -0.3 is 4.57 Å². The summed E-state index contributed by atoms with van der Waals surface area (Å²) in [5, 5.41) is -0.512. The average Bonchev–Trinajstić information content (AvgIpc) is 2.29. The molecule has 0 fully saturated rings. The van der Waals surface area contributed by atoms with Crippen LogP contribution in [0.15, 0.2) is 11.2 Å². The molecule has 0 bridgehead atoms. The fourth-order valence-electron chi connectivity index (χ4n) is 0.917. The number of aryl methyl sites for hydroxylation is 2. The van der Waals surface area contributed by atoms with E-state index in [-0.39, 0.29) is 0 Å². The first kappa shape index (κ1) is 9.18. The van der Waals surface area contributed by atoms with Gasteiger partial charge in [0, 0.05) is 12.7 Å². The van der Waals surface area contributed by atoms with Gasteiger partial charge in [0.1, 0.15) is 5.82 Å². The molecule has 4 nitrogen and oxygen atoms in total. The summed E-state index contributed by atoms with van der Waals surface area (Å²) in [7, 11) is -4.65. The maximum absolute atomic E-state index is 12.3. The van der Waals surface area contributed by atoms with Crippen LogP contribution in [-0.2, 0) is 16.8 Å². The van der Waals surface area contributed by atoms with E-state index < -0.39 is 15.2 Å².